The van der Waals surface area contributed by atoms with Crippen LogP contribution in [0.2, 0.25) is 0 Å². The Balaban J connectivity index is 1.79. The lowest BCUT2D eigenvalue weighted by molar-refractivity contribution is 0.173. The third kappa shape index (κ3) is 3.60. The van der Waals surface area contributed by atoms with E-state index in [0.717, 1.165) is 12.1 Å². The number of fused-ring (bicyclic) bond motifs is 1. The fourth-order valence-corrected chi connectivity index (χ4v) is 3.26. The van der Waals surface area contributed by atoms with Gasteiger partial charge in [0.2, 0.25) is 5.89 Å². The van der Waals surface area contributed by atoms with Crippen LogP contribution in [0.25, 0.3) is 0 Å². The lowest BCUT2D eigenvalue weighted by atomic mass is 10.1. The summed E-state index contributed by atoms with van der Waals surface area (Å²) in [5, 5.41) is 7.00. The summed E-state index contributed by atoms with van der Waals surface area (Å²) in [6.07, 6.45) is 0.698. The molecule has 7 nitrogen and oxygen atoms in total. The lowest BCUT2D eigenvalue weighted by Crippen LogP contribution is -2.47. The minimum atomic E-state index is -0.256. The number of hydrogen-bond donors (Lipinski definition) is 1. The van der Waals surface area contributed by atoms with Gasteiger partial charge in [0.05, 0.1) is 6.04 Å². The molecule has 0 radical (unpaired) electrons. The van der Waals surface area contributed by atoms with Gasteiger partial charge in [-0.3, -0.25) is 0 Å². The van der Waals surface area contributed by atoms with Crippen molar-refractivity contribution in [1.29, 1.82) is 0 Å². The molecule has 2 heterocycles. The summed E-state index contributed by atoms with van der Waals surface area (Å²) in [5.74, 6) is 1.02. The molecule has 1 aliphatic rings. The number of carbonyl (C=O) groups excluding carboxylic acids is 1. The highest BCUT2D eigenvalue weighted by atomic mass is 16.5. The third-order valence-corrected chi connectivity index (χ3v) is 4.64. The van der Waals surface area contributed by atoms with Crippen LogP contribution in [0.15, 0.2) is 28.8 Å². The number of para-hydroxylation sites is 1. The Hall–Kier alpha value is -2.57. The monoisotopic (exact) mass is 343 g/mol. The van der Waals surface area contributed by atoms with Crippen LogP contribution in [-0.2, 0) is 6.54 Å². The molecule has 2 aromatic rings. The number of benzene rings is 1. The molecule has 1 aromatic carbocycles. The standard InChI is InChI=1S/C18H25N5O2/c1-5-15(17-19-13(3)25-21-17)20-18(24)23-11-14-8-6-7-9-16(14)22(4)10-12(23)2/h6-9,12,15H,5,10-11H2,1-4H3,(H,20,24). The molecule has 1 N–H and O–H groups in total. The molecule has 1 aliphatic heterocycles. The van der Waals surface area contributed by atoms with Crippen molar-refractivity contribution in [2.24, 2.45) is 0 Å². The normalized spacial score (nSPS) is 18.5. The van der Waals surface area contributed by atoms with Gasteiger partial charge in [0.15, 0.2) is 5.82 Å². The zero-order valence-electron chi connectivity index (χ0n) is 15.2. The van der Waals surface area contributed by atoms with Crippen LogP contribution >= 0.6 is 0 Å². The number of likely N-dealkylation sites (N-methyl/N-ethyl adjacent to an activating group) is 1. The molecule has 0 spiro atoms. The van der Waals surface area contributed by atoms with E-state index in [9.17, 15) is 4.79 Å². The molecule has 3 rings (SSSR count). The summed E-state index contributed by atoms with van der Waals surface area (Å²) in [5.41, 5.74) is 2.32. The van der Waals surface area contributed by atoms with Gasteiger partial charge in [-0.05, 0) is 25.0 Å². The zero-order chi connectivity index (χ0) is 18.0. The van der Waals surface area contributed by atoms with Gasteiger partial charge in [-0.25, -0.2) is 4.79 Å². The molecule has 2 atom stereocenters. The second-order valence-corrected chi connectivity index (χ2v) is 6.57. The molecule has 1 aromatic heterocycles. The van der Waals surface area contributed by atoms with Crippen LogP contribution in [0.4, 0.5) is 10.5 Å². The molecule has 25 heavy (non-hydrogen) atoms. The number of hydrogen-bond acceptors (Lipinski definition) is 5. The minimum Gasteiger partial charge on any atom is -0.372 e. The number of urea groups is 1. The summed E-state index contributed by atoms with van der Waals surface area (Å²) in [6, 6.07) is 7.93. The van der Waals surface area contributed by atoms with Crippen molar-refractivity contribution < 1.29 is 9.32 Å². The highest BCUT2D eigenvalue weighted by molar-refractivity contribution is 5.76. The number of aromatic nitrogens is 2. The summed E-state index contributed by atoms with van der Waals surface area (Å²) in [6.45, 7) is 7.17. The topological polar surface area (TPSA) is 74.5 Å². The van der Waals surface area contributed by atoms with Crippen molar-refractivity contribution in [2.75, 3.05) is 18.5 Å². The average Bonchev–Trinajstić information content (AvgIpc) is 2.98. The predicted molar refractivity (Wildman–Crippen MR) is 95.3 cm³/mol. The number of anilines is 1. The van der Waals surface area contributed by atoms with Gasteiger partial charge in [-0.1, -0.05) is 30.3 Å². The number of rotatable bonds is 3. The van der Waals surface area contributed by atoms with Gasteiger partial charge in [-0.15, -0.1) is 0 Å². The summed E-state index contributed by atoms with van der Waals surface area (Å²) in [4.78, 5) is 21.3. The first kappa shape index (κ1) is 17.3. The Morgan fingerprint density at radius 3 is 2.88 bits per heavy atom. The predicted octanol–water partition coefficient (Wildman–Crippen LogP) is 2.88. The van der Waals surface area contributed by atoms with Crippen LogP contribution in [0.1, 0.15) is 43.6 Å². The average molecular weight is 343 g/mol. The Bertz CT molecular complexity index is 745. The van der Waals surface area contributed by atoms with Crippen LogP contribution < -0.4 is 10.2 Å². The van der Waals surface area contributed by atoms with Crippen LogP contribution in [0.3, 0.4) is 0 Å². The van der Waals surface area contributed by atoms with Crippen molar-refractivity contribution in [3.05, 3.63) is 41.5 Å². The lowest BCUT2D eigenvalue weighted by Gasteiger charge is -2.30. The molecule has 2 unspecified atom stereocenters. The first-order chi connectivity index (χ1) is 12.0. The molecule has 134 valence electrons. The summed E-state index contributed by atoms with van der Waals surface area (Å²) in [7, 11) is 2.06. The van der Waals surface area contributed by atoms with Gasteiger partial charge in [0, 0.05) is 38.8 Å². The quantitative estimate of drug-likeness (QED) is 0.927. The molecule has 0 saturated carbocycles. The Labute approximate surface area is 148 Å². The maximum Gasteiger partial charge on any atom is 0.318 e. The van der Waals surface area contributed by atoms with Crippen molar-refractivity contribution in [2.45, 2.75) is 45.8 Å². The zero-order valence-corrected chi connectivity index (χ0v) is 15.2. The van der Waals surface area contributed by atoms with Crippen molar-refractivity contribution in [3.63, 3.8) is 0 Å². The third-order valence-electron chi connectivity index (χ3n) is 4.64. The minimum absolute atomic E-state index is 0.0851. The molecular formula is C18H25N5O2. The largest absolute Gasteiger partial charge is 0.372 e. The van der Waals surface area contributed by atoms with Crippen LogP contribution in [-0.4, -0.2) is 40.7 Å². The molecule has 0 saturated heterocycles. The van der Waals surface area contributed by atoms with Crippen molar-refractivity contribution in [1.82, 2.24) is 20.4 Å². The maximum absolute atomic E-state index is 12.9. The maximum atomic E-state index is 12.9. The number of carbonyl (C=O) groups is 1. The van der Waals surface area contributed by atoms with E-state index in [1.54, 1.807) is 6.92 Å². The Morgan fingerprint density at radius 1 is 1.44 bits per heavy atom. The van der Waals surface area contributed by atoms with E-state index in [-0.39, 0.29) is 18.1 Å². The number of nitrogens with zero attached hydrogens (tertiary/aromatic N) is 4. The van der Waals surface area contributed by atoms with E-state index in [1.807, 2.05) is 24.0 Å². The van der Waals surface area contributed by atoms with E-state index >= 15 is 0 Å². The molecule has 2 amide bonds. The second kappa shape index (κ2) is 7.13. The van der Waals surface area contributed by atoms with E-state index in [0.29, 0.717) is 24.7 Å². The SMILES string of the molecule is CCC(NC(=O)N1Cc2ccccc2N(C)CC1C)c1noc(C)n1. The number of amides is 2. The second-order valence-electron chi connectivity index (χ2n) is 6.57. The molecule has 0 fully saturated rings. The fraction of sp³-hybridized carbons (Fsp3) is 0.500. The van der Waals surface area contributed by atoms with Gasteiger partial charge in [-0.2, -0.15) is 4.98 Å². The first-order valence-electron chi connectivity index (χ1n) is 8.66. The van der Waals surface area contributed by atoms with E-state index < -0.39 is 0 Å². The van der Waals surface area contributed by atoms with Crippen LogP contribution in [0, 0.1) is 6.92 Å². The first-order valence-corrected chi connectivity index (χ1v) is 8.66. The molecule has 0 bridgehead atoms. The van der Waals surface area contributed by atoms with Gasteiger partial charge in [0.1, 0.15) is 0 Å². The van der Waals surface area contributed by atoms with Gasteiger partial charge < -0.3 is 19.6 Å². The highest BCUT2D eigenvalue weighted by Crippen LogP contribution is 2.26. The number of aryl methyl sites for hydroxylation is 1. The molecular weight excluding hydrogens is 318 g/mol. The Kier molecular flexibility index (Phi) is 4.92. The van der Waals surface area contributed by atoms with E-state index in [4.69, 9.17) is 4.52 Å². The fourth-order valence-electron chi connectivity index (χ4n) is 3.26. The smallest absolute Gasteiger partial charge is 0.318 e. The summed E-state index contributed by atoms with van der Waals surface area (Å²) < 4.78 is 5.04. The van der Waals surface area contributed by atoms with E-state index in [1.165, 1.54) is 5.69 Å². The molecule has 0 aliphatic carbocycles. The number of nitrogens with one attached hydrogen (secondary N) is 1. The highest BCUT2D eigenvalue weighted by Gasteiger charge is 2.29. The molecule has 7 heteroatoms. The van der Waals surface area contributed by atoms with Gasteiger partial charge >= 0.3 is 6.03 Å². The van der Waals surface area contributed by atoms with Crippen molar-refractivity contribution >= 4 is 11.7 Å². The van der Waals surface area contributed by atoms with Crippen LogP contribution in [0.5, 0.6) is 0 Å². The van der Waals surface area contributed by atoms with Gasteiger partial charge in [0.25, 0.3) is 0 Å². The summed E-state index contributed by atoms with van der Waals surface area (Å²) >= 11 is 0. The van der Waals surface area contributed by atoms with E-state index in [2.05, 4.69) is 46.5 Å². The Morgan fingerprint density at radius 2 is 2.20 bits per heavy atom. The van der Waals surface area contributed by atoms with Crippen molar-refractivity contribution in [3.8, 4) is 0 Å².